The van der Waals surface area contributed by atoms with Gasteiger partial charge in [-0.3, -0.25) is 4.79 Å². The second-order valence-corrected chi connectivity index (χ2v) is 5.26. The van der Waals surface area contributed by atoms with Crippen molar-refractivity contribution in [2.75, 3.05) is 0 Å². The van der Waals surface area contributed by atoms with E-state index in [-0.39, 0.29) is 5.91 Å². The Morgan fingerprint density at radius 2 is 2.14 bits per heavy atom. The van der Waals surface area contributed by atoms with Crippen molar-refractivity contribution in [1.29, 1.82) is 0 Å². The van der Waals surface area contributed by atoms with Crippen molar-refractivity contribution in [1.82, 2.24) is 15.4 Å². The van der Waals surface area contributed by atoms with Gasteiger partial charge in [0.1, 0.15) is 0 Å². The van der Waals surface area contributed by atoms with Gasteiger partial charge in [0, 0.05) is 11.1 Å². The van der Waals surface area contributed by atoms with Gasteiger partial charge in [0.05, 0.1) is 33.6 Å². The molecule has 2 aromatic carbocycles. The zero-order valence-corrected chi connectivity index (χ0v) is 12.7. The number of rotatable bonds is 3. The highest BCUT2D eigenvalue weighted by molar-refractivity contribution is 6.43. The number of hydrogen-bond acceptors (Lipinski definition) is 3. The van der Waals surface area contributed by atoms with Gasteiger partial charge in [-0.2, -0.15) is 5.10 Å². The van der Waals surface area contributed by atoms with Gasteiger partial charge in [0.15, 0.2) is 0 Å². The Hall–Kier alpha value is -2.37. The van der Waals surface area contributed by atoms with Crippen LogP contribution in [0.25, 0.3) is 11.0 Å². The Kier molecular flexibility index (Phi) is 4.09. The van der Waals surface area contributed by atoms with Crippen LogP contribution in [0.2, 0.25) is 10.0 Å². The molecule has 0 saturated heterocycles. The predicted octanol–water partition coefficient (Wildman–Crippen LogP) is 3.63. The number of benzene rings is 2. The lowest BCUT2D eigenvalue weighted by molar-refractivity contribution is 0.0955. The van der Waals surface area contributed by atoms with Gasteiger partial charge in [-0.25, -0.2) is 10.4 Å². The molecule has 0 saturated carbocycles. The van der Waals surface area contributed by atoms with E-state index in [1.807, 2.05) is 0 Å². The third-order valence-corrected chi connectivity index (χ3v) is 3.87. The first-order chi connectivity index (χ1) is 10.6. The number of imidazole rings is 1. The first kappa shape index (κ1) is 14.6. The van der Waals surface area contributed by atoms with E-state index in [9.17, 15) is 4.79 Å². The van der Waals surface area contributed by atoms with Crippen LogP contribution in [-0.2, 0) is 0 Å². The number of aromatic amines is 1. The quantitative estimate of drug-likeness (QED) is 0.567. The number of carbonyl (C=O) groups excluding carboxylic acids is 1. The van der Waals surface area contributed by atoms with E-state index in [1.165, 1.54) is 6.21 Å². The fourth-order valence-electron chi connectivity index (χ4n) is 1.92. The van der Waals surface area contributed by atoms with E-state index in [0.717, 1.165) is 11.0 Å². The van der Waals surface area contributed by atoms with Gasteiger partial charge >= 0.3 is 0 Å². The standard InChI is InChI=1S/C15H10Cl2N4O/c16-11-3-1-2-10(14(11)17)7-20-21-15(22)9-4-5-12-13(6-9)19-8-18-12/h1-8H,(H,18,19)(H,21,22)/b20-7+. The number of nitrogens with zero attached hydrogens (tertiary/aromatic N) is 2. The number of carbonyl (C=O) groups is 1. The van der Waals surface area contributed by atoms with E-state index in [1.54, 1.807) is 42.7 Å². The summed E-state index contributed by atoms with van der Waals surface area (Å²) in [7, 11) is 0. The molecule has 5 nitrogen and oxygen atoms in total. The Morgan fingerprint density at radius 1 is 1.27 bits per heavy atom. The second-order valence-electron chi connectivity index (χ2n) is 4.48. The molecule has 0 aliphatic heterocycles. The average molecular weight is 333 g/mol. The summed E-state index contributed by atoms with van der Waals surface area (Å²) in [5.74, 6) is -0.328. The first-order valence-corrected chi connectivity index (χ1v) is 7.11. The van der Waals surface area contributed by atoms with Crippen LogP contribution in [0.5, 0.6) is 0 Å². The molecule has 1 heterocycles. The Morgan fingerprint density at radius 3 is 3.00 bits per heavy atom. The maximum absolute atomic E-state index is 12.0. The molecule has 0 unspecified atom stereocenters. The molecule has 0 bridgehead atoms. The van der Waals surface area contributed by atoms with Gasteiger partial charge in [-0.1, -0.05) is 35.3 Å². The smallest absolute Gasteiger partial charge is 0.271 e. The summed E-state index contributed by atoms with van der Waals surface area (Å²) in [4.78, 5) is 19.1. The lowest BCUT2D eigenvalue weighted by atomic mass is 10.2. The van der Waals surface area contributed by atoms with Crippen molar-refractivity contribution in [3.05, 3.63) is 63.9 Å². The molecule has 2 N–H and O–H groups in total. The Bertz CT molecular complexity index is 873. The number of fused-ring (bicyclic) bond motifs is 1. The molecule has 3 rings (SSSR count). The molecule has 1 amide bonds. The number of aromatic nitrogens is 2. The van der Waals surface area contributed by atoms with Crippen LogP contribution in [-0.4, -0.2) is 22.1 Å². The van der Waals surface area contributed by atoms with Crippen molar-refractivity contribution in [2.24, 2.45) is 5.10 Å². The molecule has 7 heteroatoms. The predicted molar refractivity (Wildman–Crippen MR) is 87.6 cm³/mol. The van der Waals surface area contributed by atoms with Gasteiger partial charge in [-0.05, 0) is 24.3 Å². The molecule has 0 radical (unpaired) electrons. The van der Waals surface area contributed by atoms with Crippen molar-refractivity contribution < 1.29 is 4.79 Å². The molecule has 1 aromatic heterocycles. The molecular formula is C15H10Cl2N4O. The summed E-state index contributed by atoms with van der Waals surface area (Å²) in [6, 6.07) is 10.3. The van der Waals surface area contributed by atoms with E-state index in [2.05, 4.69) is 20.5 Å². The van der Waals surface area contributed by atoms with Crippen LogP contribution >= 0.6 is 23.2 Å². The Labute approximate surface area is 136 Å². The normalized spacial score (nSPS) is 11.2. The average Bonchev–Trinajstić information content (AvgIpc) is 2.98. The summed E-state index contributed by atoms with van der Waals surface area (Å²) in [5, 5.41) is 4.72. The largest absolute Gasteiger partial charge is 0.345 e. The number of amides is 1. The SMILES string of the molecule is O=C(N/N=C/c1cccc(Cl)c1Cl)c1ccc2nc[nH]c2c1. The molecule has 0 spiro atoms. The van der Waals surface area contributed by atoms with Gasteiger partial charge < -0.3 is 4.98 Å². The minimum atomic E-state index is -0.328. The number of halogens is 2. The molecule has 0 aliphatic carbocycles. The first-order valence-electron chi connectivity index (χ1n) is 6.36. The zero-order valence-electron chi connectivity index (χ0n) is 11.2. The summed E-state index contributed by atoms with van der Waals surface area (Å²) in [6.45, 7) is 0. The topological polar surface area (TPSA) is 70.1 Å². The molecule has 0 atom stereocenters. The number of nitrogens with one attached hydrogen (secondary N) is 2. The number of H-pyrrole nitrogens is 1. The number of hydrogen-bond donors (Lipinski definition) is 2. The summed E-state index contributed by atoms with van der Waals surface area (Å²) in [5.41, 5.74) is 5.13. The highest BCUT2D eigenvalue weighted by Crippen LogP contribution is 2.24. The fraction of sp³-hybridized carbons (Fsp3) is 0. The fourth-order valence-corrected chi connectivity index (χ4v) is 2.28. The van der Waals surface area contributed by atoms with Gasteiger partial charge in [0.2, 0.25) is 0 Å². The molecule has 110 valence electrons. The number of hydrazone groups is 1. The lowest BCUT2D eigenvalue weighted by Crippen LogP contribution is -2.17. The molecular weight excluding hydrogens is 323 g/mol. The summed E-state index contributed by atoms with van der Waals surface area (Å²) in [6.07, 6.45) is 3.02. The minimum Gasteiger partial charge on any atom is -0.345 e. The van der Waals surface area contributed by atoms with Crippen LogP contribution in [0.4, 0.5) is 0 Å². The molecule has 0 fully saturated rings. The van der Waals surface area contributed by atoms with Crippen molar-refractivity contribution in [3.8, 4) is 0 Å². The minimum absolute atomic E-state index is 0.328. The lowest BCUT2D eigenvalue weighted by Gasteiger charge is -2.01. The maximum Gasteiger partial charge on any atom is 0.271 e. The van der Waals surface area contributed by atoms with Crippen LogP contribution in [0.3, 0.4) is 0 Å². The van der Waals surface area contributed by atoms with Crippen LogP contribution in [0, 0.1) is 0 Å². The van der Waals surface area contributed by atoms with Crippen molar-refractivity contribution in [2.45, 2.75) is 0 Å². The monoisotopic (exact) mass is 332 g/mol. The summed E-state index contributed by atoms with van der Waals surface area (Å²) < 4.78 is 0. The van der Waals surface area contributed by atoms with Crippen LogP contribution in [0.1, 0.15) is 15.9 Å². The third-order valence-electron chi connectivity index (χ3n) is 3.03. The molecule has 3 aromatic rings. The maximum atomic E-state index is 12.0. The van der Waals surface area contributed by atoms with Crippen LogP contribution < -0.4 is 5.43 Å². The molecule has 0 aliphatic rings. The van der Waals surface area contributed by atoms with E-state index in [0.29, 0.717) is 21.2 Å². The zero-order chi connectivity index (χ0) is 15.5. The van der Waals surface area contributed by atoms with Crippen molar-refractivity contribution >= 4 is 46.4 Å². The Balaban J connectivity index is 1.74. The highest BCUT2D eigenvalue weighted by atomic mass is 35.5. The van der Waals surface area contributed by atoms with E-state index in [4.69, 9.17) is 23.2 Å². The summed E-state index contributed by atoms with van der Waals surface area (Å²) >= 11 is 11.9. The second kappa shape index (κ2) is 6.17. The van der Waals surface area contributed by atoms with E-state index < -0.39 is 0 Å². The highest BCUT2D eigenvalue weighted by Gasteiger charge is 2.06. The van der Waals surface area contributed by atoms with Crippen molar-refractivity contribution in [3.63, 3.8) is 0 Å². The van der Waals surface area contributed by atoms with Crippen LogP contribution in [0.15, 0.2) is 47.8 Å². The van der Waals surface area contributed by atoms with E-state index >= 15 is 0 Å². The van der Waals surface area contributed by atoms with Gasteiger partial charge in [-0.15, -0.1) is 0 Å². The van der Waals surface area contributed by atoms with Gasteiger partial charge in [0.25, 0.3) is 5.91 Å². The third kappa shape index (κ3) is 2.95. The molecule has 22 heavy (non-hydrogen) atoms.